The Balaban J connectivity index is 1.61. The van der Waals surface area contributed by atoms with Gasteiger partial charge in [0, 0.05) is 16.3 Å². The Hall–Kier alpha value is -2.97. The van der Waals surface area contributed by atoms with Crippen molar-refractivity contribution >= 4 is 39.1 Å². The molecule has 174 valence electrons. The lowest BCUT2D eigenvalue weighted by molar-refractivity contribution is -0.114. The zero-order chi connectivity index (χ0) is 23.8. The molecular weight excluding hydrogens is 456 g/mol. The summed E-state index contributed by atoms with van der Waals surface area (Å²) in [6, 6.07) is 24.3. The Kier molecular flexibility index (Phi) is 8.41. The van der Waals surface area contributed by atoms with Gasteiger partial charge in [-0.3, -0.25) is 9.10 Å². The van der Waals surface area contributed by atoms with Crippen LogP contribution in [0.15, 0.2) is 83.8 Å². The number of rotatable bonds is 10. The van der Waals surface area contributed by atoms with Crippen LogP contribution in [0.5, 0.6) is 5.75 Å². The predicted octanol–water partition coefficient (Wildman–Crippen LogP) is 5.17. The highest BCUT2D eigenvalue weighted by atomic mass is 32.2. The molecule has 0 aliphatic carbocycles. The molecule has 3 aromatic carbocycles. The summed E-state index contributed by atoms with van der Waals surface area (Å²) in [5.74, 6) is 1.03. The van der Waals surface area contributed by atoms with Crippen LogP contribution in [0.3, 0.4) is 0 Å². The molecule has 33 heavy (non-hydrogen) atoms. The molecule has 0 saturated heterocycles. The molecule has 0 aliphatic rings. The standard InChI is InChI=1S/C25H28N2O4S2/c1-19(2)31-23-15-13-22(14-16-23)27(33(3,29)30)17-25(28)26-21-11-9-20(10-12-21)18-32-24-7-5-4-6-8-24/h4-16,19H,17-18H2,1-3H3,(H,26,28). The summed E-state index contributed by atoms with van der Waals surface area (Å²) in [5, 5.41) is 2.78. The molecule has 1 N–H and O–H groups in total. The van der Waals surface area contributed by atoms with Crippen molar-refractivity contribution in [1.29, 1.82) is 0 Å². The molecule has 0 atom stereocenters. The van der Waals surface area contributed by atoms with Crippen LogP contribution < -0.4 is 14.4 Å². The number of nitrogens with zero attached hydrogens (tertiary/aromatic N) is 1. The van der Waals surface area contributed by atoms with Crippen molar-refractivity contribution in [1.82, 2.24) is 0 Å². The lowest BCUT2D eigenvalue weighted by Crippen LogP contribution is -2.37. The van der Waals surface area contributed by atoms with Crippen LogP contribution in [0.4, 0.5) is 11.4 Å². The van der Waals surface area contributed by atoms with E-state index >= 15 is 0 Å². The smallest absolute Gasteiger partial charge is 0.245 e. The van der Waals surface area contributed by atoms with E-state index in [9.17, 15) is 13.2 Å². The SMILES string of the molecule is CC(C)Oc1ccc(N(CC(=O)Nc2ccc(CSc3ccccc3)cc2)S(C)(=O)=O)cc1. The number of hydrogen-bond acceptors (Lipinski definition) is 5. The molecular formula is C25H28N2O4S2. The average Bonchev–Trinajstić information content (AvgIpc) is 2.77. The third-order valence-electron chi connectivity index (χ3n) is 4.57. The summed E-state index contributed by atoms with van der Waals surface area (Å²) in [7, 11) is -3.65. The highest BCUT2D eigenvalue weighted by molar-refractivity contribution is 7.98. The van der Waals surface area contributed by atoms with Gasteiger partial charge in [0.2, 0.25) is 15.9 Å². The van der Waals surface area contributed by atoms with Crippen molar-refractivity contribution in [2.45, 2.75) is 30.6 Å². The molecule has 3 rings (SSSR count). The molecule has 0 bridgehead atoms. The summed E-state index contributed by atoms with van der Waals surface area (Å²) in [6.45, 7) is 3.50. The number of hydrogen-bond donors (Lipinski definition) is 1. The summed E-state index contributed by atoms with van der Waals surface area (Å²) in [5.41, 5.74) is 2.14. The van der Waals surface area contributed by atoms with Crippen molar-refractivity contribution in [2.24, 2.45) is 0 Å². The third kappa shape index (κ3) is 7.83. The normalized spacial score (nSPS) is 11.3. The molecule has 0 fully saturated rings. The van der Waals surface area contributed by atoms with Gasteiger partial charge < -0.3 is 10.1 Å². The number of amides is 1. The number of thioether (sulfide) groups is 1. The Labute approximate surface area is 200 Å². The second-order valence-corrected chi connectivity index (χ2v) is 10.7. The van der Waals surface area contributed by atoms with E-state index in [-0.39, 0.29) is 12.6 Å². The first-order chi connectivity index (χ1) is 15.7. The molecule has 0 unspecified atom stereocenters. The zero-order valence-corrected chi connectivity index (χ0v) is 20.5. The fraction of sp³-hybridized carbons (Fsp3) is 0.240. The van der Waals surface area contributed by atoms with Gasteiger partial charge in [-0.25, -0.2) is 8.42 Å². The number of anilines is 2. The maximum absolute atomic E-state index is 12.6. The number of carbonyl (C=O) groups excluding carboxylic acids is 1. The lowest BCUT2D eigenvalue weighted by atomic mass is 10.2. The molecule has 0 saturated carbocycles. The minimum Gasteiger partial charge on any atom is -0.491 e. The maximum Gasteiger partial charge on any atom is 0.245 e. The van der Waals surface area contributed by atoms with Crippen LogP contribution in [-0.4, -0.2) is 33.2 Å². The lowest BCUT2D eigenvalue weighted by Gasteiger charge is -2.22. The Morgan fingerprint density at radius 1 is 0.970 bits per heavy atom. The first-order valence-corrected chi connectivity index (χ1v) is 13.3. The van der Waals surface area contributed by atoms with Gasteiger partial charge in [-0.05, 0) is 67.9 Å². The largest absolute Gasteiger partial charge is 0.491 e. The monoisotopic (exact) mass is 484 g/mol. The van der Waals surface area contributed by atoms with E-state index in [1.165, 1.54) is 4.90 Å². The third-order valence-corrected chi connectivity index (χ3v) is 6.79. The van der Waals surface area contributed by atoms with E-state index < -0.39 is 15.9 Å². The summed E-state index contributed by atoms with van der Waals surface area (Å²) >= 11 is 1.74. The number of benzene rings is 3. The number of nitrogens with one attached hydrogen (secondary N) is 1. The maximum atomic E-state index is 12.6. The van der Waals surface area contributed by atoms with Crippen LogP contribution in [0.2, 0.25) is 0 Å². The predicted molar refractivity (Wildman–Crippen MR) is 135 cm³/mol. The van der Waals surface area contributed by atoms with Gasteiger partial charge in [0.15, 0.2) is 0 Å². The van der Waals surface area contributed by atoms with Crippen LogP contribution in [0.25, 0.3) is 0 Å². The van der Waals surface area contributed by atoms with Gasteiger partial charge in [-0.15, -0.1) is 11.8 Å². The molecule has 6 nitrogen and oxygen atoms in total. The van der Waals surface area contributed by atoms with Crippen LogP contribution >= 0.6 is 11.8 Å². The second-order valence-electron chi connectivity index (χ2n) is 7.78. The van der Waals surface area contributed by atoms with Crippen molar-refractivity contribution in [3.8, 4) is 5.75 Å². The van der Waals surface area contributed by atoms with Gasteiger partial charge in [0.1, 0.15) is 12.3 Å². The molecule has 0 aliphatic heterocycles. The number of sulfonamides is 1. The van der Waals surface area contributed by atoms with E-state index in [1.807, 2.05) is 56.3 Å². The molecule has 0 radical (unpaired) electrons. The fourth-order valence-corrected chi connectivity index (χ4v) is 4.79. The fourth-order valence-electron chi connectivity index (χ4n) is 3.06. The van der Waals surface area contributed by atoms with Gasteiger partial charge in [0.25, 0.3) is 0 Å². The first kappa shape index (κ1) is 24.7. The highest BCUT2D eigenvalue weighted by Gasteiger charge is 2.21. The van der Waals surface area contributed by atoms with Crippen molar-refractivity contribution in [2.75, 3.05) is 22.4 Å². The van der Waals surface area contributed by atoms with Crippen molar-refractivity contribution < 1.29 is 17.9 Å². The zero-order valence-electron chi connectivity index (χ0n) is 18.9. The topological polar surface area (TPSA) is 75.7 Å². The van der Waals surface area contributed by atoms with Crippen molar-refractivity contribution in [3.05, 3.63) is 84.4 Å². The Morgan fingerprint density at radius 3 is 2.18 bits per heavy atom. The summed E-state index contributed by atoms with van der Waals surface area (Å²) < 4.78 is 31.3. The number of ether oxygens (including phenoxy) is 1. The van der Waals surface area contributed by atoms with E-state index in [0.29, 0.717) is 17.1 Å². The van der Waals surface area contributed by atoms with Crippen LogP contribution in [-0.2, 0) is 20.6 Å². The van der Waals surface area contributed by atoms with Gasteiger partial charge >= 0.3 is 0 Å². The van der Waals surface area contributed by atoms with E-state index in [1.54, 1.807) is 36.0 Å². The molecule has 0 heterocycles. The minimum atomic E-state index is -3.65. The molecule has 0 aromatic heterocycles. The van der Waals surface area contributed by atoms with Crippen LogP contribution in [0.1, 0.15) is 19.4 Å². The van der Waals surface area contributed by atoms with Gasteiger partial charge in [-0.1, -0.05) is 30.3 Å². The Morgan fingerprint density at radius 2 is 1.61 bits per heavy atom. The van der Waals surface area contributed by atoms with E-state index in [2.05, 4.69) is 17.4 Å². The minimum absolute atomic E-state index is 0.0101. The first-order valence-electron chi connectivity index (χ1n) is 10.5. The number of carbonyl (C=O) groups is 1. The van der Waals surface area contributed by atoms with Gasteiger partial charge in [-0.2, -0.15) is 0 Å². The molecule has 8 heteroatoms. The van der Waals surface area contributed by atoms with Gasteiger partial charge in [0.05, 0.1) is 18.0 Å². The van der Waals surface area contributed by atoms with E-state index in [0.717, 1.165) is 21.9 Å². The van der Waals surface area contributed by atoms with Crippen molar-refractivity contribution in [3.63, 3.8) is 0 Å². The summed E-state index contributed by atoms with van der Waals surface area (Å²) in [4.78, 5) is 13.8. The molecule has 0 spiro atoms. The molecule has 1 amide bonds. The highest BCUT2D eigenvalue weighted by Crippen LogP contribution is 2.24. The van der Waals surface area contributed by atoms with E-state index in [4.69, 9.17) is 4.74 Å². The van der Waals surface area contributed by atoms with Crippen LogP contribution in [0, 0.1) is 0 Å². The average molecular weight is 485 g/mol. The quantitative estimate of drug-likeness (QED) is 0.402. The second kappa shape index (κ2) is 11.2. The summed E-state index contributed by atoms with van der Waals surface area (Å²) in [6.07, 6.45) is 1.09. The Bertz CT molecular complexity index is 1150. The molecule has 3 aromatic rings.